The van der Waals surface area contributed by atoms with Crippen LogP contribution in [0, 0.1) is 0 Å². The molecule has 6 rings (SSSR count). The van der Waals surface area contributed by atoms with E-state index >= 15 is 0 Å². The number of aromatic nitrogens is 3. The van der Waals surface area contributed by atoms with Gasteiger partial charge in [-0.15, -0.1) is 0 Å². The predicted octanol–water partition coefficient (Wildman–Crippen LogP) is 3.85. The van der Waals surface area contributed by atoms with E-state index in [1.165, 1.54) is 11.3 Å². The monoisotopic (exact) mass is 470 g/mol. The van der Waals surface area contributed by atoms with Crippen molar-refractivity contribution in [2.24, 2.45) is 0 Å². The molecular weight excluding hydrogens is 440 g/mol. The molecule has 7 heteroatoms. The van der Waals surface area contributed by atoms with Crippen LogP contribution in [0.1, 0.15) is 42.9 Å². The molecular formula is C28H30N4O3. The molecule has 2 aromatic heterocycles. The first-order chi connectivity index (χ1) is 17.2. The molecule has 0 bridgehead atoms. The molecule has 1 aliphatic carbocycles. The first kappa shape index (κ1) is 22.2. The van der Waals surface area contributed by atoms with Crippen LogP contribution in [-0.4, -0.2) is 52.0 Å². The van der Waals surface area contributed by atoms with Gasteiger partial charge in [0.25, 0.3) is 5.56 Å². The molecule has 2 aliphatic rings. The normalized spacial score (nSPS) is 21.0. The number of pyridine rings is 1. The van der Waals surface area contributed by atoms with Crippen LogP contribution in [0.5, 0.6) is 0 Å². The fourth-order valence-corrected chi connectivity index (χ4v) is 5.60. The third kappa shape index (κ3) is 4.19. The second-order valence-corrected chi connectivity index (χ2v) is 9.67. The molecule has 180 valence electrons. The van der Waals surface area contributed by atoms with Crippen LogP contribution in [0.3, 0.4) is 0 Å². The second-order valence-electron chi connectivity index (χ2n) is 9.67. The second kappa shape index (κ2) is 9.40. The van der Waals surface area contributed by atoms with Gasteiger partial charge in [-0.3, -0.25) is 14.3 Å². The van der Waals surface area contributed by atoms with Gasteiger partial charge < -0.3 is 14.7 Å². The van der Waals surface area contributed by atoms with Gasteiger partial charge in [-0.05, 0) is 54.7 Å². The van der Waals surface area contributed by atoms with Crippen LogP contribution in [0.25, 0.3) is 21.7 Å². The van der Waals surface area contributed by atoms with Gasteiger partial charge in [0.15, 0.2) is 0 Å². The van der Waals surface area contributed by atoms with Crippen LogP contribution in [-0.2, 0) is 11.2 Å². The van der Waals surface area contributed by atoms with Gasteiger partial charge in [0.1, 0.15) is 0 Å². The lowest BCUT2D eigenvalue weighted by Crippen LogP contribution is -2.36. The number of aliphatic hydroxyl groups is 1. The van der Waals surface area contributed by atoms with E-state index in [-0.39, 0.29) is 11.6 Å². The van der Waals surface area contributed by atoms with Crippen molar-refractivity contribution in [3.8, 4) is 0 Å². The van der Waals surface area contributed by atoms with Gasteiger partial charge in [-0.2, -0.15) is 0 Å². The first-order valence-electron chi connectivity index (χ1n) is 12.6. The highest BCUT2D eigenvalue weighted by Gasteiger charge is 2.26. The number of benzene rings is 2. The summed E-state index contributed by atoms with van der Waals surface area (Å²) in [6, 6.07) is 12.4. The number of ether oxygens (including phenoxy) is 1. The third-order valence-corrected chi connectivity index (χ3v) is 7.53. The van der Waals surface area contributed by atoms with Crippen LogP contribution in [0.4, 0.5) is 5.69 Å². The number of hydrogen-bond donors (Lipinski definition) is 1. The van der Waals surface area contributed by atoms with E-state index in [0.29, 0.717) is 17.3 Å². The number of morpholine rings is 1. The number of aliphatic hydroxyl groups excluding tert-OH is 1. The van der Waals surface area contributed by atoms with E-state index < -0.39 is 6.10 Å². The molecule has 35 heavy (non-hydrogen) atoms. The van der Waals surface area contributed by atoms with Crippen LogP contribution < -0.4 is 10.5 Å². The van der Waals surface area contributed by atoms with Crippen molar-refractivity contribution >= 4 is 27.4 Å². The molecule has 2 atom stereocenters. The fourth-order valence-electron chi connectivity index (χ4n) is 5.60. The van der Waals surface area contributed by atoms with Crippen LogP contribution in [0.2, 0.25) is 0 Å². The summed E-state index contributed by atoms with van der Waals surface area (Å²) in [5, 5.41) is 13.1. The molecule has 7 nitrogen and oxygen atoms in total. The van der Waals surface area contributed by atoms with E-state index in [1.54, 1.807) is 17.1 Å². The predicted molar refractivity (Wildman–Crippen MR) is 137 cm³/mol. The van der Waals surface area contributed by atoms with Gasteiger partial charge >= 0.3 is 0 Å². The van der Waals surface area contributed by atoms with Crippen molar-refractivity contribution in [3.63, 3.8) is 0 Å². The van der Waals surface area contributed by atoms with Gasteiger partial charge in [0.2, 0.25) is 0 Å². The Hall–Kier alpha value is -3.29. The molecule has 4 aromatic rings. The minimum absolute atomic E-state index is 0.0800. The molecule has 0 amide bonds. The number of fused-ring (bicyclic) bond motifs is 3. The highest BCUT2D eigenvalue weighted by Crippen LogP contribution is 2.30. The maximum Gasteiger partial charge on any atom is 0.261 e. The number of hydrogen-bond acceptors (Lipinski definition) is 6. The largest absolute Gasteiger partial charge is 0.391 e. The lowest BCUT2D eigenvalue weighted by molar-refractivity contribution is 0.0735. The topological polar surface area (TPSA) is 80.5 Å². The van der Waals surface area contributed by atoms with Crippen molar-refractivity contribution < 1.29 is 9.84 Å². The van der Waals surface area contributed by atoms with Crippen LogP contribution in [0.15, 0.2) is 59.9 Å². The molecule has 2 aromatic carbocycles. The molecule has 0 radical (unpaired) electrons. The molecule has 0 unspecified atom stereocenters. The van der Waals surface area contributed by atoms with Gasteiger partial charge in [-0.1, -0.05) is 25.0 Å². The minimum Gasteiger partial charge on any atom is -0.391 e. The summed E-state index contributed by atoms with van der Waals surface area (Å²) in [4.78, 5) is 25.0. The van der Waals surface area contributed by atoms with Crippen molar-refractivity contribution in [1.29, 1.82) is 0 Å². The Morgan fingerprint density at radius 3 is 2.60 bits per heavy atom. The Morgan fingerprint density at radius 2 is 1.80 bits per heavy atom. The maximum absolute atomic E-state index is 13.6. The highest BCUT2D eigenvalue weighted by atomic mass is 16.5. The summed E-state index contributed by atoms with van der Waals surface area (Å²) < 4.78 is 7.12. The zero-order valence-corrected chi connectivity index (χ0v) is 19.8. The molecule has 1 saturated heterocycles. The summed E-state index contributed by atoms with van der Waals surface area (Å²) in [5.74, 6) is 0. The Balaban J connectivity index is 1.40. The maximum atomic E-state index is 13.6. The van der Waals surface area contributed by atoms with Crippen LogP contribution >= 0.6 is 0 Å². The van der Waals surface area contributed by atoms with E-state index in [2.05, 4.69) is 34.1 Å². The van der Waals surface area contributed by atoms with E-state index in [4.69, 9.17) is 9.72 Å². The van der Waals surface area contributed by atoms with Gasteiger partial charge in [-0.25, -0.2) is 4.98 Å². The summed E-state index contributed by atoms with van der Waals surface area (Å²) >= 11 is 0. The summed E-state index contributed by atoms with van der Waals surface area (Å²) in [7, 11) is 0. The van der Waals surface area contributed by atoms with E-state index in [9.17, 15) is 9.90 Å². The Morgan fingerprint density at radius 1 is 1.00 bits per heavy atom. The quantitative estimate of drug-likeness (QED) is 0.457. The molecule has 1 saturated carbocycles. The lowest BCUT2D eigenvalue weighted by Gasteiger charge is -2.29. The number of nitrogens with zero attached hydrogens (tertiary/aromatic N) is 4. The Kier molecular flexibility index (Phi) is 5.96. The van der Waals surface area contributed by atoms with Crippen molar-refractivity contribution in [1.82, 2.24) is 14.5 Å². The third-order valence-electron chi connectivity index (χ3n) is 7.53. The summed E-state index contributed by atoms with van der Waals surface area (Å²) in [6.07, 6.45) is 8.97. The lowest BCUT2D eigenvalue weighted by atomic mass is 9.92. The Labute approximate surface area is 204 Å². The molecule has 2 fully saturated rings. The average molecular weight is 471 g/mol. The van der Waals surface area contributed by atoms with Crippen molar-refractivity contribution in [2.45, 2.75) is 44.2 Å². The Bertz CT molecular complexity index is 1410. The molecule has 1 aliphatic heterocycles. The van der Waals surface area contributed by atoms with E-state index in [0.717, 1.165) is 68.3 Å². The summed E-state index contributed by atoms with van der Waals surface area (Å²) in [5.41, 5.74) is 4.06. The number of anilines is 1. The summed E-state index contributed by atoms with van der Waals surface area (Å²) in [6.45, 7) is 3.35. The minimum atomic E-state index is -0.505. The molecule has 3 heterocycles. The molecule has 0 spiro atoms. The zero-order chi connectivity index (χ0) is 23.8. The zero-order valence-electron chi connectivity index (χ0n) is 19.8. The van der Waals surface area contributed by atoms with Crippen molar-refractivity contribution in [2.75, 3.05) is 31.2 Å². The molecule has 1 N–H and O–H groups in total. The number of rotatable bonds is 4. The van der Waals surface area contributed by atoms with E-state index in [1.807, 2.05) is 18.3 Å². The smallest absolute Gasteiger partial charge is 0.261 e. The first-order valence-corrected chi connectivity index (χ1v) is 12.6. The average Bonchev–Trinajstić information content (AvgIpc) is 2.91. The van der Waals surface area contributed by atoms with Gasteiger partial charge in [0.05, 0.1) is 42.6 Å². The standard InChI is InChI=1S/C28H30N4O3/c33-26-4-2-1-3-25(26)32-18-30-27-22-9-10-29-17-24(22)20(16-23(27)28(32)34)15-19-5-7-21(8-6-19)31-11-13-35-14-12-31/h5-10,16-18,25-26,33H,1-4,11-15H2/t25-,26-/m0/s1. The highest BCUT2D eigenvalue weighted by molar-refractivity contribution is 6.06. The SMILES string of the molecule is O=c1c2cc(Cc3ccc(N4CCOCC4)cc3)c3cnccc3c2ncn1[C@H]1CCCC[C@@H]1O. The van der Waals surface area contributed by atoms with Gasteiger partial charge in [0, 0.05) is 41.9 Å². The fraction of sp³-hybridized carbons (Fsp3) is 0.393. The van der Waals surface area contributed by atoms with Crippen molar-refractivity contribution in [3.05, 3.63) is 76.6 Å².